The molecule has 0 fully saturated rings. The van der Waals surface area contributed by atoms with Crippen LogP contribution in [0.4, 0.5) is 0 Å². The van der Waals surface area contributed by atoms with E-state index in [4.69, 9.17) is 9.47 Å². The maximum absolute atomic E-state index is 10.9. The van der Waals surface area contributed by atoms with E-state index in [2.05, 4.69) is 11.1 Å². The highest BCUT2D eigenvalue weighted by Gasteiger charge is 2.13. The van der Waals surface area contributed by atoms with Gasteiger partial charge < -0.3 is 9.47 Å². The molecule has 0 saturated carbocycles. The summed E-state index contributed by atoms with van der Waals surface area (Å²) in [4.78, 5) is 15.3. The van der Waals surface area contributed by atoms with Crippen LogP contribution in [-0.2, 0) is 0 Å². The Morgan fingerprint density at radius 2 is 1.96 bits per heavy atom. The van der Waals surface area contributed by atoms with Gasteiger partial charge in [0.1, 0.15) is 17.9 Å². The average Bonchev–Trinajstić information content (AvgIpc) is 2.61. The summed E-state index contributed by atoms with van der Waals surface area (Å²) in [6.45, 7) is 1.98. The van der Waals surface area contributed by atoms with Crippen molar-refractivity contribution >= 4 is 17.2 Å². The number of fused-ring (bicyclic) bond motifs is 1. The number of rotatable bonds is 4. The third kappa shape index (κ3) is 2.90. The van der Waals surface area contributed by atoms with Gasteiger partial charge >= 0.3 is 0 Å². The average molecular weight is 318 g/mol. The summed E-state index contributed by atoms with van der Waals surface area (Å²) in [5, 5.41) is 10.3. The van der Waals surface area contributed by atoms with Crippen molar-refractivity contribution in [3.05, 3.63) is 59.2 Å². The van der Waals surface area contributed by atoms with Crippen molar-refractivity contribution in [2.45, 2.75) is 6.92 Å². The Kier molecular flexibility index (Phi) is 4.13. The van der Waals surface area contributed by atoms with Crippen molar-refractivity contribution in [2.75, 3.05) is 7.11 Å². The molecule has 5 nitrogen and oxygen atoms in total. The Labute approximate surface area is 139 Å². The largest absolute Gasteiger partial charge is 0.493 e. The molecule has 0 bridgehead atoms. The Balaban J connectivity index is 2.08. The molecule has 0 radical (unpaired) electrons. The Morgan fingerprint density at radius 1 is 1.12 bits per heavy atom. The predicted molar refractivity (Wildman–Crippen MR) is 89.7 cm³/mol. The Morgan fingerprint density at radius 3 is 2.67 bits per heavy atom. The van der Waals surface area contributed by atoms with Crippen LogP contribution in [0.1, 0.15) is 21.5 Å². The third-order valence-corrected chi connectivity index (χ3v) is 3.59. The summed E-state index contributed by atoms with van der Waals surface area (Å²) in [5.41, 5.74) is 2.63. The quantitative estimate of drug-likeness (QED) is 0.679. The molecule has 0 aliphatic rings. The zero-order valence-corrected chi connectivity index (χ0v) is 13.2. The molecular weight excluding hydrogens is 304 g/mol. The fourth-order valence-corrected chi connectivity index (χ4v) is 2.38. The predicted octanol–water partition coefficient (Wildman–Crippen LogP) is 4.03. The number of nitriles is 1. The summed E-state index contributed by atoms with van der Waals surface area (Å²) in [6, 6.07) is 14.4. The van der Waals surface area contributed by atoms with Crippen LogP contribution in [0.15, 0.2) is 42.5 Å². The fourth-order valence-electron chi connectivity index (χ4n) is 2.38. The van der Waals surface area contributed by atoms with Crippen LogP contribution in [-0.4, -0.2) is 18.4 Å². The van der Waals surface area contributed by atoms with Gasteiger partial charge in [-0.15, -0.1) is 0 Å². The molecule has 5 heteroatoms. The van der Waals surface area contributed by atoms with Gasteiger partial charge in [0, 0.05) is 10.9 Å². The molecule has 0 aliphatic carbocycles. The van der Waals surface area contributed by atoms with E-state index >= 15 is 0 Å². The van der Waals surface area contributed by atoms with Crippen LogP contribution in [0.5, 0.6) is 17.4 Å². The molecule has 3 aromatic rings. The van der Waals surface area contributed by atoms with Gasteiger partial charge in [0.2, 0.25) is 5.88 Å². The number of benzene rings is 2. The van der Waals surface area contributed by atoms with Crippen molar-refractivity contribution in [3.8, 4) is 23.4 Å². The van der Waals surface area contributed by atoms with Gasteiger partial charge in [0.15, 0.2) is 11.5 Å². The Bertz CT molecular complexity index is 974. The van der Waals surface area contributed by atoms with Crippen LogP contribution in [0.25, 0.3) is 10.9 Å². The van der Waals surface area contributed by atoms with Gasteiger partial charge in [-0.2, -0.15) is 5.26 Å². The normalized spacial score (nSPS) is 10.2. The minimum atomic E-state index is 0.200. The molecule has 0 N–H and O–H groups in total. The lowest BCUT2D eigenvalue weighted by atomic mass is 10.1. The van der Waals surface area contributed by atoms with Crippen molar-refractivity contribution in [1.29, 1.82) is 5.26 Å². The summed E-state index contributed by atoms with van der Waals surface area (Å²) in [6.07, 6.45) is 0.726. The van der Waals surface area contributed by atoms with Gasteiger partial charge in [0.25, 0.3) is 0 Å². The van der Waals surface area contributed by atoms with E-state index < -0.39 is 0 Å². The summed E-state index contributed by atoms with van der Waals surface area (Å²) < 4.78 is 11.0. The van der Waals surface area contributed by atoms with Gasteiger partial charge in [-0.1, -0.05) is 11.6 Å². The van der Waals surface area contributed by atoms with E-state index in [9.17, 15) is 10.1 Å². The van der Waals surface area contributed by atoms with Crippen molar-refractivity contribution < 1.29 is 14.3 Å². The maximum atomic E-state index is 10.9. The molecule has 3 rings (SSSR count). The molecule has 1 aromatic heterocycles. The van der Waals surface area contributed by atoms with Gasteiger partial charge in [-0.25, -0.2) is 4.98 Å². The SMILES string of the molecule is COc1cc(C=O)ccc1Oc1nc2ccc(C)cc2cc1C#N. The molecule has 0 amide bonds. The van der Waals surface area contributed by atoms with Gasteiger partial charge in [-0.05, 0) is 43.3 Å². The van der Waals surface area contributed by atoms with Crippen LogP contribution in [0, 0.1) is 18.3 Å². The van der Waals surface area contributed by atoms with Crippen LogP contribution >= 0.6 is 0 Å². The Hall–Kier alpha value is -3.39. The standard InChI is InChI=1S/C19H14N2O3/c1-12-3-5-16-14(7-12)9-15(10-20)19(21-16)24-17-6-4-13(11-22)8-18(17)23-2/h3-9,11H,1-2H3. The minimum absolute atomic E-state index is 0.200. The fraction of sp³-hybridized carbons (Fsp3) is 0.105. The van der Waals surface area contributed by atoms with Crippen molar-refractivity contribution in [1.82, 2.24) is 4.98 Å². The molecular formula is C19H14N2O3. The smallest absolute Gasteiger partial charge is 0.238 e. The summed E-state index contributed by atoms with van der Waals surface area (Å²) in [5.74, 6) is 0.985. The van der Waals surface area contributed by atoms with Gasteiger partial charge in [-0.3, -0.25) is 4.79 Å². The first kappa shape index (κ1) is 15.5. The zero-order valence-electron chi connectivity index (χ0n) is 13.2. The highest BCUT2D eigenvalue weighted by Crippen LogP contribution is 2.33. The topological polar surface area (TPSA) is 72.2 Å². The number of hydrogen-bond acceptors (Lipinski definition) is 5. The lowest BCUT2D eigenvalue weighted by Gasteiger charge is -2.12. The maximum Gasteiger partial charge on any atom is 0.238 e. The van der Waals surface area contributed by atoms with E-state index in [1.165, 1.54) is 7.11 Å². The lowest BCUT2D eigenvalue weighted by Crippen LogP contribution is -1.96. The van der Waals surface area contributed by atoms with Crippen LogP contribution in [0.3, 0.4) is 0 Å². The van der Waals surface area contributed by atoms with E-state index in [1.54, 1.807) is 24.3 Å². The number of aryl methyl sites for hydroxylation is 1. The molecule has 0 spiro atoms. The lowest BCUT2D eigenvalue weighted by molar-refractivity contribution is 0.112. The molecule has 0 aliphatic heterocycles. The highest BCUT2D eigenvalue weighted by molar-refractivity contribution is 5.82. The number of carbonyl (C=O) groups excluding carboxylic acids is 1. The van der Waals surface area contributed by atoms with E-state index in [0.29, 0.717) is 22.6 Å². The second kappa shape index (κ2) is 6.39. The first-order valence-electron chi connectivity index (χ1n) is 7.27. The highest BCUT2D eigenvalue weighted by atomic mass is 16.5. The van der Waals surface area contributed by atoms with Crippen molar-refractivity contribution in [2.24, 2.45) is 0 Å². The first-order valence-corrected chi connectivity index (χ1v) is 7.27. The molecule has 118 valence electrons. The van der Waals surface area contributed by atoms with Crippen molar-refractivity contribution in [3.63, 3.8) is 0 Å². The third-order valence-electron chi connectivity index (χ3n) is 3.59. The number of carbonyl (C=O) groups is 1. The van der Waals surface area contributed by atoms with E-state index in [0.717, 1.165) is 22.8 Å². The summed E-state index contributed by atoms with van der Waals surface area (Å²) in [7, 11) is 1.48. The second-order valence-corrected chi connectivity index (χ2v) is 5.28. The minimum Gasteiger partial charge on any atom is -0.493 e. The summed E-state index contributed by atoms with van der Waals surface area (Å²) >= 11 is 0. The number of nitrogens with zero attached hydrogens (tertiary/aromatic N) is 2. The van der Waals surface area contributed by atoms with Crippen LogP contribution in [0.2, 0.25) is 0 Å². The number of pyridine rings is 1. The van der Waals surface area contributed by atoms with Crippen LogP contribution < -0.4 is 9.47 Å². The van der Waals surface area contributed by atoms with E-state index in [1.807, 2.05) is 25.1 Å². The molecule has 1 heterocycles. The second-order valence-electron chi connectivity index (χ2n) is 5.28. The number of hydrogen-bond donors (Lipinski definition) is 0. The number of aldehydes is 1. The zero-order chi connectivity index (χ0) is 17.1. The van der Waals surface area contributed by atoms with E-state index in [-0.39, 0.29) is 5.88 Å². The molecule has 2 aromatic carbocycles. The molecule has 0 saturated heterocycles. The molecule has 0 unspecified atom stereocenters. The molecule has 0 atom stereocenters. The monoisotopic (exact) mass is 318 g/mol. The number of ether oxygens (including phenoxy) is 2. The first-order chi connectivity index (χ1) is 11.6. The molecule has 24 heavy (non-hydrogen) atoms. The number of methoxy groups -OCH3 is 1. The van der Waals surface area contributed by atoms with Gasteiger partial charge in [0.05, 0.1) is 12.6 Å². The number of aromatic nitrogens is 1.